The van der Waals surface area contributed by atoms with E-state index in [1.54, 1.807) is 6.92 Å². The standard InChI is InChI=1S/C17H22BrN3O3S/c1-5-21-14(11-24-13-9-7-12(18)8-10-13)19-20-16(21)25-17(3,4)15(22)23-6-2/h7-10H,5-6,11H2,1-4H3. The lowest BCUT2D eigenvalue weighted by Crippen LogP contribution is -2.30. The molecule has 0 unspecified atom stereocenters. The third kappa shape index (κ3) is 5.22. The number of hydrogen-bond acceptors (Lipinski definition) is 6. The normalized spacial score (nSPS) is 11.4. The van der Waals surface area contributed by atoms with Crippen LogP contribution in [0.2, 0.25) is 0 Å². The molecule has 8 heteroatoms. The topological polar surface area (TPSA) is 66.2 Å². The first-order valence-electron chi connectivity index (χ1n) is 8.04. The van der Waals surface area contributed by atoms with Gasteiger partial charge in [-0.3, -0.25) is 4.79 Å². The van der Waals surface area contributed by atoms with Crippen LogP contribution in [0.25, 0.3) is 0 Å². The Morgan fingerprint density at radius 1 is 1.24 bits per heavy atom. The Morgan fingerprint density at radius 2 is 1.92 bits per heavy atom. The molecule has 0 aliphatic rings. The Hall–Kier alpha value is -1.54. The number of carbonyl (C=O) groups excluding carboxylic acids is 1. The van der Waals surface area contributed by atoms with E-state index in [1.165, 1.54) is 11.8 Å². The van der Waals surface area contributed by atoms with E-state index in [1.807, 2.05) is 49.6 Å². The van der Waals surface area contributed by atoms with Gasteiger partial charge in [-0.1, -0.05) is 27.7 Å². The smallest absolute Gasteiger partial charge is 0.322 e. The van der Waals surface area contributed by atoms with E-state index in [2.05, 4.69) is 26.1 Å². The summed E-state index contributed by atoms with van der Waals surface area (Å²) in [6.07, 6.45) is 0. The Morgan fingerprint density at radius 3 is 2.52 bits per heavy atom. The Bertz CT molecular complexity index is 716. The van der Waals surface area contributed by atoms with Crippen LogP contribution in [0.5, 0.6) is 5.75 Å². The Labute approximate surface area is 160 Å². The van der Waals surface area contributed by atoms with Crippen LogP contribution in [0.3, 0.4) is 0 Å². The van der Waals surface area contributed by atoms with E-state index in [4.69, 9.17) is 9.47 Å². The summed E-state index contributed by atoms with van der Waals surface area (Å²) < 4.78 is 13.1. The second kappa shape index (κ2) is 8.71. The van der Waals surface area contributed by atoms with Crippen molar-refractivity contribution in [3.63, 3.8) is 0 Å². The highest BCUT2D eigenvalue weighted by atomic mass is 79.9. The fraction of sp³-hybridized carbons (Fsp3) is 0.471. The molecule has 0 aliphatic carbocycles. The van der Waals surface area contributed by atoms with Crippen LogP contribution in [-0.2, 0) is 22.7 Å². The number of carbonyl (C=O) groups is 1. The molecule has 2 aromatic rings. The van der Waals surface area contributed by atoms with Gasteiger partial charge in [0, 0.05) is 11.0 Å². The Kier molecular flexibility index (Phi) is 6.89. The van der Waals surface area contributed by atoms with Crippen LogP contribution >= 0.6 is 27.7 Å². The van der Waals surface area contributed by atoms with Gasteiger partial charge in [0.2, 0.25) is 0 Å². The first-order chi connectivity index (χ1) is 11.9. The van der Waals surface area contributed by atoms with Crippen molar-refractivity contribution in [2.45, 2.75) is 50.8 Å². The predicted molar refractivity (Wildman–Crippen MR) is 101 cm³/mol. The second-order valence-corrected chi connectivity index (χ2v) is 8.22. The largest absolute Gasteiger partial charge is 0.486 e. The Balaban J connectivity index is 2.09. The number of esters is 1. The molecular weight excluding hydrogens is 406 g/mol. The second-order valence-electron chi connectivity index (χ2n) is 5.72. The average Bonchev–Trinajstić information content (AvgIpc) is 2.95. The summed E-state index contributed by atoms with van der Waals surface area (Å²) in [4.78, 5) is 12.1. The monoisotopic (exact) mass is 427 g/mol. The fourth-order valence-corrected chi connectivity index (χ4v) is 3.36. The highest BCUT2D eigenvalue weighted by molar-refractivity contribution is 9.10. The van der Waals surface area contributed by atoms with E-state index >= 15 is 0 Å². The molecule has 0 bridgehead atoms. The summed E-state index contributed by atoms with van der Waals surface area (Å²) in [6, 6.07) is 7.61. The van der Waals surface area contributed by atoms with E-state index in [-0.39, 0.29) is 5.97 Å². The van der Waals surface area contributed by atoms with Gasteiger partial charge in [-0.15, -0.1) is 10.2 Å². The quantitative estimate of drug-likeness (QED) is 0.467. The minimum atomic E-state index is -0.736. The summed E-state index contributed by atoms with van der Waals surface area (Å²) in [7, 11) is 0. The van der Waals surface area contributed by atoms with E-state index in [0.717, 1.165) is 10.2 Å². The summed E-state index contributed by atoms with van der Waals surface area (Å²) >= 11 is 4.74. The maximum absolute atomic E-state index is 12.1. The van der Waals surface area contributed by atoms with Gasteiger partial charge >= 0.3 is 5.97 Å². The highest BCUT2D eigenvalue weighted by Crippen LogP contribution is 2.33. The van der Waals surface area contributed by atoms with Gasteiger partial charge < -0.3 is 14.0 Å². The van der Waals surface area contributed by atoms with Crippen LogP contribution in [0.1, 0.15) is 33.5 Å². The molecular formula is C17H22BrN3O3S. The number of halogens is 1. The molecule has 0 saturated heterocycles. The molecule has 136 valence electrons. The van der Waals surface area contributed by atoms with Crippen molar-refractivity contribution in [1.29, 1.82) is 0 Å². The van der Waals surface area contributed by atoms with Crippen molar-refractivity contribution < 1.29 is 14.3 Å². The summed E-state index contributed by atoms with van der Waals surface area (Å²) in [6.45, 7) is 8.80. The van der Waals surface area contributed by atoms with Crippen molar-refractivity contribution in [3.8, 4) is 5.75 Å². The lowest BCUT2D eigenvalue weighted by Gasteiger charge is -2.21. The molecule has 0 spiro atoms. The molecule has 0 fully saturated rings. The maximum Gasteiger partial charge on any atom is 0.322 e. The summed E-state index contributed by atoms with van der Waals surface area (Å²) in [5.41, 5.74) is 0. The minimum absolute atomic E-state index is 0.265. The van der Waals surface area contributed by atoms with E-state index in [9.17, 15) is 4.79 Å². The minimum Gasteiger partial charge on any atom is -0.486 e. The fourth-order valence-electron chi connectivity index (χ4n) is 2.07. The van der Waals surface area contributed by atoms with Crippen molar-refractivity contribution in [2.75, 3.05) is 6.61 Å². The van der Waals surface area contributed by atoms with Crippen molar-refractivity contribution >= 4 is 33.7 Å². The number of nitrogens with zero attached hydrogens (tertiary/aromatic N) is 3. The van der Waals surface area contributed by atoms with Gasteiger partial charge in [0.15, 0.2) is 11.0 Å². The average molecular weight is 428 g/mol. The molecule has 1 heterocycles. The molecule has 1 aromatic heterocycles. The van der Waals surface area contributed by atoms with Gasteiger partial charge in [0.1, 0.15) is 17.1 Å². The van der Waals surface area contributed by atoms with Gasteiger partial charge in [-0.2, -0.15) is 0 Å². The number of hydrogen-bond donors (Lipinski definition) is 0. The van der Waals surface area contributed by atoms with Crippen molar-refractivity contribution in [3.05, 3.63) is 34.6 Å². The van der Waals surface area contributed by atoms with Gasteiger partial charge in [-0.05, 0) is 52.0 Å². The third-order valence-corrected chi connectivity index (χ3v) is 5.09. The van der Waals surface area contributed by atoms with Crippen molar-refractivity contribution in [2.24, 2.45) is 0 Å². The van der Waals surface area contributed by atoms with E-state index < -0.39 is 4.75 Å². The zero-order valence-corrected chi connectivity index (χ0v) is 17.2. The third-order valence-electron chi connectivity index (χ3n) is 3.40. The molecule has 0 atom stereocenters. The summed E-state index contributed by atoms with van der Waals surface area (Å²) in [5, 5.41) is 9.11. The van der Waals surface area contributed by atoms with Gasteiger partial charge in [0.25, 0.3) is 0 Å². The van der Waals surface area contributed by atoms with E-state index in [0.29, 0.717) is 30.7 Å². The molecule has 2 rings (SSSR count). The zero-order chi connectivity index (χ0) is 18.4. The number of thioether (sulfide) groups is 1. The van der Waals surface area contributed by atoms with Gasteiger partial charge in [0.05, 0.1) is 6.61 Å². The highest BCUT2D eigenvalue weighted by Gasteiger charge is 2.33. The SMILES string of the molecule is CCOC(=O)C(C)(C)Sc1nnc(COc2ccc(Br)cc2)n1CC. The van der Waals surface area contributed by atoms with Gasteiger partial charge in [-0.25, -0.2) is 0 Å². The lowest BCUT2D eigenvalue weighted by atomic mass is 10.2. The first-order valence-corrected chi connectivity index (χ1v) is 9.65. The molecule has 1 aromatic carbocycles. The van der Waals surface area contributed by atoms with Crippen LogP contribution in [0.4, 0.5) is 0 Å². The molecule has 25 heavy (non-hydrogen) atoms. The molecule has 0 N–H and O–H groups in total. The number of aromatic nitrogens is 3. The molecule has 0 amide bonds. The summed E-state index contributed by atoms with van der Waals surface area (Å²) in [5.74, 6) is 1.21. The van der Waals surface area contributed by atoms with Crippen molar-refractivity contribution in [1.82, 2.24) is 14.8 Å². The lowest BCUT2D eigenvalue weighted by molar-refractivity contribution is -0.145. The van der Waals surface area contributed by atoms with Crippen LogP contribution in [-0.4, -0.2) is 32.1 Å². The first kappa shape index (κ1) is 19.8. The number of benzene rings is 1. The number of rotatable bonds is 8. The van der Waals surface area contributed by atoms with Crippen LogP contribution in [0.15, 0.2) is 33.9 Å². The molecule has 0 radical (unpaired) electrons. The molecule has 0 saturated carbocycles. The maximum atomic E-state index is 12.1. The number of ether oxygens (including phenoxy) is 2. The zero-order valence-electron chi connectivity index (χ0n) is 14.8. The van der Waals surface area contributed by atoms with Crippen LogP contribution < -0.4 is 4.74 Å². The molecule has 0 aliphatic heterocycles. The van der Waals surface area contributed by atoms with Crippen LogP contribution in [0, 0.1) is 0 Å². The molecule has 6 nitrogen and oxygen atoms in total. The predicted octanol–water partition coefficient (Wildman–Crippen LogP) is 4.07.